The Morgan fingerprint density at radius 1 is 1.36 bits per heavy atom. The van der Waals surface area contributed by atoms with E-state index in [1.165, 1.54) is 19.3 Å². The molecule has 0 fully saturated rings. The molecule has 0 aliphatic rings. The molecule has 0 saturated carbocycles. The van der Waals surface area contributed by atoms with Gasteiger partial charge < -0.3 is 10.1 Å². The maximum absolute atomic E-state index is 10.8. The van der Waals surface area contributed by atoms with Gasteiger partial charge >= 0.3 is 5.97 Å². The summed E-state index contributed by atoms with van der Waals surface area (Å²) in [5.41, 5.74) is 1.34. The Labute approximate surface area is 84.2 Å². The van der Waals surface area contributed by atoms with Crippen molar-refractivity contribution in [2.24, 2.45) is 0 Å². The molecule has 14 heavy (non-hydrogen) atoms. The molecule has 0 aliphatic heterocycles. The van der Waals surface area contributed by atoms with Crippen LogP contribution < -0.4 is 0 Å². The molecule has 0 amide bonds. The van der Waals surface area contributed by atoms with Gasteiger partial charge in [0.05, 0.1) is 5.56 Å². The first-order valence-electron chi connectivity index (χ1n) is 5.14. The summed E-state index contributed by atoms with van der Waals surface area (Å²) >= 11 is 0. The number of unbranched alkanes of at least 4 members (excludes halogenated alkanes) is 3. The topological polar surface area (TPSA) is 53.1 Å². The summed E-state index contributed by atoms with van der Waals surface area (Å²) in [6.07, 6.45) is 8.90. The van der Waals surface area contributed by atoms with Crippen molar-refractivity contribution < 1.29 is 9.90 Å². The van der Waals surface area contributed by atoms with Crippen LogP contribution in [0.1, 0.15) is 48.5 Å². The SMILES string of the molecule is CCCCCCc1c[nH]cc1C(=O)O. The summed E-state index contributed by atoms with van der Waals surface area (Å²) in [5.74, 6) is -0.836. The molecule has 1 heterocycles. The van der Waals surface area contributed by atoms with Gasteiger partial charge in [-0.15, -0.1) is 0 Å². The minimum Gasteiger partial charge on any atom is -0.478 e. The first kappa shape index (κ1) is 10.8. The third-order valence-electron chi connectivity index (χ3n) is 2.36. The van der Waals surface area contributed by atoms with Gasteiger partial charge in [-0.25, -0.2) is 4.79 Å². The maximum Gasteiger partial charge on any atom is 0.337 e. The van der Waals surface area contributed by atoms with Crippen molar-refractivity contribution in [2.75, 3.05) is 0 Å². The van der Waals surface area contributed by atoms with Crippen LogP contribution in [0.2, 0.25) is 0 Å². The minimum absolute atomic E-state index is 0.418. The zero-order valence-corrected chi connectivity index (χ0v) is 8.55. The maximum atomic E-state index is 10.8. The fourth-order valence-corrected chi connectivity index (χ4v) is 1.54. The molecule has 2 N–H and O–H groups in total. The Bertz CT molecular complexity index is 291. The Balaban J connectivity index is 2.42. The molecular weight excluding hydrogens is 178 g/mol. The van der Waals surface area contributed by atoms with Gasteiger partial charge in [-0.2, -0.15) is 0 Å². The second-order valence-corrected chi connectivity index (χ2v) is 3.51. The summed E-state index contributed by atoms with van der Waals surface area (Å²) in [6.45, 7) is 2.17. The lowest BCUT2D eigenvalue weighted by atomic mass is 10.1. The quantitative estimate of drug-likeness (QED) is 0.686. The molecule has 0 unspecified atom stereocenters. The lowest BCUT2D eigenvalue weighted by molar-refractivity contribution is 0.0696. The number of carboxylic acid groups (broad SMARTS) is 1. The highest BCUT2D eigenvalue weighted by Crippen LogP contribution is 2.12. The largest absolute Gasteiger partial charge is 0.478 e. The fraction of sp³-hybridized carbons (Fsp3) is 0.545. The van der Waals surface area contributed by atoms with Gasteiger partial charge in [-0.1, -0.05) is 26.2 Å². The Morgan fingerprint density at radius 2 is 2.14 bits per heavy atom. The average molecular weight is 195 g/mol. The molecule has 1 aromatic heterocycles. The first-order valence-corrected chi connectivity index (χ1v) is 5.14. The van der Waals surface area contributed by atoms with Crippen LogP contribution in [0.5, 0.6) is 0 Å². The van der Waals surface area contributed by atoms with E-state index < -0.39 is 5.97 Å². The molecule has 0 atom stereocenters. The summed E-state index contributed by atoms with van der Waals surface area (Å²) in [7, 11) is 0. The van der Waals surface area contributed by atoms with Gasteiger partial charge in [0.2, 0.25) is 0 Å². The van der Waals surface area contributed by atoms with Crippen molar-refractivity contribution in [3.63, 3.8) is 0 Å². The van der Waals surface area contributed by atoms with Gasteiger partial charge in [0, 0.05) is 12.4 Å². The van der Waals surface area contributed by atoms with Crippen LogP contribution >= 0.6 is 0 Å². The second kappa shape index (κ2) is 5.47. The zero-order valence-electron chi connectivity index (χ0n) is 8.55. The van der Waals surface area contributed by atoms with Crippen LogP contribution in [0.25, 0.3) is 0 Å². The molecule has 0 radical (unpaired) electrons. The van der Waals surface area contributed by atoms with Crippen LogP contribution in [0, 0.1) is 0 Å². The molecule has 3 heteroatoms. The molecule has 0 aromatic carbocycles. The van der Waals surface area contributed by atoms with Gasteiger partial charge in [0.25, 0.3) is 0 Å². The summed E-state index contributed by atoms with van der Waals surface area (Å²) in [5, 5.41) is 8.84. The van der Waals surface area contributed by atoms with Crippen molar-refractivity contribution in [1.29, 1.82) is 0 Å². The van der Waals surface area contributed by atoms with Crippen molar-refractivity contribution in [2.45, 2.75) is 39.0 Å². The zero-order chi connectivity index (χ0) is 10.4. The van der Waals surface area contributed by atoms with Gasteiger partial charge in [-0.05, 0) is 18.4 Å². The molecule has 0 aliphatic carbocycles. The number of hydrogen-bond donors (Lipinski definition) is 2. The predicted octanol–water partition coefficient (Wildman–Crippen LogP) is 2.84. The van der Waals surface area contributed by atoms with Crippen molar-refractivity contribution >= 4 is 5.97 Å². The van der Waals surface area contributed by atoms with E-state index in [1.807, 2.05) is 0 Å². The number of H-pyrrole nitrogens is 1. The number of carboxylic acids is 1. The van der Waals surface area contributed by atoms with Gasteiger partial charge in [0.1, 0.15) is 0 Å². The third-order valence-corrected chi connectivity index (χ3v) is 2.36. The van der Waals surface area contributed by atoms with Gasteiger partial charge in [0.15, 0.2) is 0 Å². The molecule has 78 valence electrons. The van der Waals surface area contributed by atoms with E-state index in [1.54, 1.807) is 12.4 Å². The summed E-state index contributed by atoms with van der Waals surface area (Å²) < 4.78 is 0. The van der Waals surface area contributed by atoms with E-state index in [9.17, 15) is 4.79 Å². The Kier molecular flexibility index (Phi) is 4.23. The molecule has 0 saturated heterocycles. The van der Waals surface area contributed by atoms with E-state index >= 15 is 0 Å². The molecular formula is C11H17NO2. The minimum atomic E-state index is -0.836. The van der Waals surface area contributed by atoms with Crippen molar-refractivity contribution in [1.82, 2.24) is 4.98 Å². The predicted molar refractivity (Wildman–Crippen MR) is 55.6 cm³/mol. The Hall–Kier alpha value is -1.25. The molecule has 3 nitrogen and oxygen atoms in total. The van der Waals surface area contributed by atoms with Crippen molar-refractivity contribution in [3.8, 4) is 0 Å². The fourth-order valence-electron chi connectivity index (χ4n) is 1.54. The molecule has 0 spiro atoms. The van der Waals surface area contributed by atoms with Crippen LogP contribution in [0.4, 0.5) is 0 Å². The smallest absolute Gasteiger partial charge is 0.337 e. The number of aryl methyl sites for hydroxylation is 1. The molecule has 1 aromatic rings. The number of aromatic nitrogens is 1. The number of hydrogen-bond acceptors (Lipinski definition) is 1. The first-order chi connectivity index (χ1) is 6.75. The number of carbonyl (C=O) groups is 1. The standard InChI is InChI=1S/C11H17NO2/c1-2-3-4-5-6-9-7-12-8-10(9)11(13)14/h7-8,12H,2-6H2,1H3,(H,13,14). The van der Waals surface area contributed by atoms with E-state index in [2.05, 4.69) is 11.9 Å². The normalized spacial score (nSPS) is 10.4. The highest BCUT2D eigenvalue weighted by atomic mass is 16.4. The van der Waals surface area contributed by atoms with Crippen LogP contribution in [0.3, 0.4) is 0 Å². The second-order valence-electron chi connectivity index (χ2n) is 3.51. The lowest BCUT2D eigenvalue weighted by Crippen LogP contribution is -1.98. The van der Waals surface area contributed by atoms with E-state index in [0.717, 1.165) is 18.4 Å². The van der Waals surface area contributed by atoms with Crippen LogP contribution in [0.15, 0.2) is 12.4 Å². The Morgan fingerprint density at radius 3 is 2.79 bits per heavy atom. The highest BCUT2D eigenvalue weighted by molar-refractivity contribution is 5.89. The van der Waals surface area contributed by atoms with E-state index in [0.29, 0.717) is 5.56 Å². The summed E-state index contributed by atoms with van der Waals surface area (Å²) in [6, 6.07) is 0. The number of nitrogens with one attached hydrogen (secondary N) is 1. The number of aromatic amines is 1. The number of aromatic carboxylic acids is 1. The lowest BCUT2D eigenvalue weighted by Gasteiger charge is -1.99. The molecule has 1 rings (SSSR count). The van der Waals surface area contributed by atoms with E-state index in [-0.39, 0.29) is 0 Å². The van der Waals surface area contributed by atoms with E-state index in [4.69, 9.17) is 5.11 Å². The third kappa shape index (κ3) is 2.91. The molecule has 0 bridgehead atoms. The monoisotopic (exact) mass is 195 g/mol. The van der Waals surface area contributed by atoms with Crippen LogP contribution in [-0.2, 0) is 6.42 Å². The average Bonchev–Trinajstić information content (AvgIpc) is 2.60. The highest BCUT2D eigenvalue weighted by Gasteiger charge is 2.09. The summed E-state index contributed by atoms with van der Waals surface area (Å²) in [4.78, 5) is 13.6. The van der Waals surface area contributed by atoms with Crippen molar-refractivity contribution in [3.05, 3.63) is 23.5 Å². The van der Waals surface area contributed by atoms with Crippen LogP contribution in [-0.4, -0.2) is 16.1 Å². The number of rotatable bonds is 6. The van der Waals surface area contributed by atoms with Gasteiger partial charge in [-0.3, -0.25) is 0 Å².